The van der Waals surface area contributed by atoms with Gasteiger partial charge in [-0.25, -0.2) is 0 Å². The molecule has 2 saturated carbocycles. The molecule has 2 heterocycles. The zero-order valence-corrected chi connectivity index (χ0v) is 29.3. The minimum Gasteiger partial charge on any atom is -0.508 e. The predicted molar refractivity (Wildman–Crippen MR) is 189 cm³/mol. The Bertz CT molecular complexity index is 1810. The lowest BCUT2D eigenvalue weighted by Crippen LogP contribution is -2.42. The molecule has 2 aliphatic carbocycles. The SMILES string of the molecule is CC1(C)C2CCC1(CS(=O)(=O)O)C(=O)C2.CC1=C(c2ccc(O)cc2)[C@H](c2ccc(OCCN3CCCCC3)cc2)Oc2cc(O)ccc21. The number of nitrogens with zero attached hydrogens (tertiary/aromatic N) is 1. The van der Waals surface area contributed by atoms with Crippen molar-refractivity contribution in [2.24, 2.45) is 16.7 Å². The second kappa shape index (κ2) is 13.8. The van der Waals surface area contributed by atoms with Gasteiger partial charge in [-0.15, -0.1) is 0 Å². The molecule has 3 atom stereocenters. The number of phenols is 2. The molecular weight excluding hydrogens is 642 g/mol. The molecule has 1 saturated heterocycles. The summed E-state index contributed by atoms with van der Waals surface area (Å²) >= 11 is 0. The van der Waals surface area contributed by atoms with Gasteiger partial charge in [0.15, 0.2) is 0 Å². The van der Waals surface area contributed by atoms with E-state index in [0.717, 1.165) is 46.6 Å². The van der Waals surface area contributed by atoms with Gasteiger partial charge in [-0.05, 0) is 110 Å². The van der Waals surface area contributed by atoms with Crippen LogP contribution in [0.5, 0.6) is 23.0 Å². The van der Waals surface area contributed by atoms with Crippen LogP contribution in [0.4, 0.5) is 0 Å². The maximum atomic E-state index is 11.9. The van der Waals surface area contributed by atoms with Crippen molar-refractivity contribution in [2.45, 2.75) is 65.4 Å². The molecule has 0 amide bonds. The normalized spacial score (nSPS) is 24.5. The first kappa shape index (κ1) is 35.0. The van der Waals surface area contributed by atoms with Crippen LogP contribution >= 0.6 is 0 Å². The first-order valence-corrected chi connectivity index (χ1v) is 18.8. The van der Waals surface area contributed by atoms with Gasteiger partial charge in [0.2, 0.25) is 0 Å². The van der Waals surface area contributed by atoms with Crippen molar-refractivity contribution >= 4 is 27.0 Å². The average Bonchev–Trinajstić information content (AvgIpc) is 3.40. The van der Waals surface area contributed by atoms with Crippen molar-refractivity contribution in [2.75, 3.05) is 32.0 Å². The molecule has 2 bridgehead atoms. The third kappa shape index (κ3) is 7.23. The van der Waals surface area contributed by atoms with Gasteiger partial charge in [0.25, 0.3) is 10.1 Å². The molecule has 4 aliphatic rings. The summed E-state index contributed by atoms with van der Waals surface area (Å²) in [6.07, 6.45) is 5.54. The van der Waals surface area contributed by atoms with Crippen LogP contribution in [-0.2, 0) is 14.9 Å². The van der Waals surface area contributed by atoms with Gasteiger partial charge in [-0.3, -0.25) is 14.2 Å². The van der Waals surface area contributed by atoms with Crippen LogP contribution in [0.1, 0.15) is 82.1 Å². The molecule has 0 spiro atoms. The largest absolute Gasteiger partial charge is 0.508 e. The van der Waals surface area contributed by atoms with E-state index >= 15 is 0 Å². The summed E-state index contributed by atoms with van der Waals surface area (Å²) in [7, 11) is -4.08. The lowest BCUT2D eigenvalue weighted by molar-refractivity contribution is -0.128. The van der Waals surface area contributed by atoms with Gasteiger partial charge in [-0.2, -0.15) is 8.42 Å². The van der Waals surface area contributed by atoms with Gasteiger partial charge in [-0.1, -0.05) is 44.5 Å². The fourth-order valence-electron chi connectivity index (χ4n) is 8.32. The highest BCUT2D eigenvalue weighted by Crippen LogP contribution is 2.64. The van der Waals surface area contributed by atoms with Crippen LogP contribution in [0, 0.1) is 16.7 Å². The zero-order chi connectivity index (χ0) is 35.0. The van der Waals surface area contributed by atoms with E-state index < -0.39 is 21.3 Å². The zero-order valence-electron chi connectivity index (χ0n) is 28.5. The van der Waals surface area contributed by atoms with E-state index in [9.17, 15) is 23.4 Å². The van der Waals surface area contributed by atoms with Crippen LogP contribution in [0.25, 0.3) is 11.1 Å². The molecule has 9 nitrogen and oxygen atoms in total. The maximum absolute atomic E-state index is 11.9. The summed E-state index contributed by atoms with van der Waals surface area (Å²) in [4.78, 5) is 14.3. The number of benzene rings is 3. The first-order chi connectivity index (χ1) is 23.3. The predicted octanol–water partition coefficient (Wildman–Crippen LogP) is 7.30. The Morgan fingerprint density at radius 1 is 0.939 bits per heavy atom. The second-order valence-corrected chi connectivity index (χ2v) is 15.9. The lowest BCUT2D eigenvalue weighted by Gasteiger charge is -2.35. The molecule has 3 aromatic rings. The highest BCUT2D eigenvalue weighted by atomic mass is 32.2. The number of rotatable bonds is 8. The standard InChI is InChI=1S/C29H31NO4.C10H16O4S/c1-20-26-14-11-24(32)19-27(26)34-29(28(20)21-5-9-23(31)10-6-21)22-7-12-25(13-8-22)33-18-17-30-15-3-2-4-16-30;1-9(2)7-3-4-10(9,8(11)5-7)6-15(12,13)14/h5-14,19,29,31-32H,2-4,15-18H2,1H3;7H,3-6H2,1-2H3,(H,12,13,14)/t29-;/m0./s1. The quantitative estimate of drug-likeness (QED) is 0.209. The fraction of sp³-hybridized carbons (Fsp3) is 0.462. The maximum Gasteiger partial charge on any atom is 0.265 e. The number of hydrogen-bond acceptors (Lipinski definition) is 8. The molecule has 7 rings (SSSR count). The number of carbonyl (C=O) groups is 1. The summed E-state index contributed by atoms with van der Waals surface area (Å²) in [5.74, 6) is 1.81. The summed E-state index contributed by atoms with van der Waals surface area (Å²) in [5.41, 5.74) is 3.94. The molecule has 262 valence electrons. The van der Waals surface area contributed by atoms with E-state index in [4.69, 9.17) is 14.0 Å². The van der Waals surface area contributed by atoms with Crippen molar-refractivity contribution in [3.63, 3.8) is 0 Å². The lowest BCUT2D eigenvalue weighted by atomic mass is 9.70. The van der Waals surface area contributed by atoms with E-state index in [0.29, 0.717) is 25.2 Å². The van der Waals surface area contributed by atoms with Crippen LogP contribution in [0.15, 0.2) is 66.7 Å². The van der Waals surface area contributed by atoms with Crippen molar-refractivity contribution in [3.05, 3.63) is 83.4 Å². The summed E-state index contributed by atoms with van der Waals surface area (Å²) < 4.78 is 43.4. The average molecular weight is 690 g/mol. The Labute approximate surface area is 289 Å². The van der Waals surface area contributed by atoms with Gasteiger partial charge in [0, 0.05) is 30.2 Å². The van der Waals surface area contributed by atoms with Crippen LogP contribution < -0.4 is 9.47 Å². The highest BCUT2D eigenvalue weighted by molar-refractivity contribution is 7.85. The van der Waals surface area contributed by atoms with E-state index in [1.165, 1.54) is 32.4 Å². The number of hydrogen-bond donors (Lipinski definition) is 3. The van der Waals surface area contributed by atoms with Crippen molar-refractivity contribution in [1.82, 2.24) is 4.90 Å². The Morgan fingerprint density at radius 2 is 1.61 bits per heavy atom. The Morgan fingerprint density at radius 3 is 2.22 bits per heavy atom. The van der Waals surface area contributed by atoms with Crippen LogP contribution in [-0.4, -0.2) is 65.9 Å². The number of aromatic hydroxyl groups is 2. The van der Waals surface area contributed by atoms with Gasteiger partial charge in [0.1, 0.15) is 41.5 Å². The fourth-order valence-corrected chi connectivity index (χ4v) is 9.62. The number of ketones is 1. The number of Topliss-reactive ketones (excluding diaryl/α,β-unsaturated/α-hetero) is 1. The summed E-state index contributed by atoms with van der Waals surface area (Å²) in [5, 5.41) is 19.8. The van der Waals surface area contributed by atoms with Crippen molar-refractivity contribution in [1.29, 1.82) is 0 Å². The minimum absolute atomic E-state index is 0.0152. The summed E-state index contributed by atoms with van der Waals surface area (Å²) in [6, 6.07) is 20.5. The number of piperidine rings is 1. The molecule has 3 N–H and O–H groups in total. The number of likely N-dealkylation sites (tertiary alicyclic amines) is 1. The molecular formula is C39H47NO8S. The second-order valence-electron chi connectivity index (χ2n) is 14.5. The summed E-state index contributed by atoms with van der Waals surface area (Å²) in [6.45, 7) is 9.95. The highest BCUT2D eigenvalue weighted by Gasteiger charge is 2.65. The van der Waals surface area contributed by atoms with Crippen molar-refractivity contribution < 1.29 is 37.5 Å². The smallest absolute Gasteiger partial charge is 0.265 e. The number of carbonyl (C=O) groups excluding carboxylic acids is 1. The number of allylic oxidation sites excluding steroid dienone is 1. The van der Waals surface area contributed by atoms with Gasteiger partial charge >= 0.3 is 0 Å². The van der Waals surface area contributed by atoms with Crippen LogP contribution in [0.2, 0.25) is 0 Å². The third-order valence-corrected chi connectivity index (χ3v) is 12.2. The molecule has 49 heavy (non-hydrogen) atoms. The molecule has 3 fully saturated rings. The van der Waals surface area contributed by atoms with E-state index in [1.54, 1.807) is 24.3 Å². The van der Waals surface area contributed by atoms with Gasteiger partial charge in [0.05, 0.1) is 11.2 Å². The Balaban J connectivity index is 0.000000232. The Kier molecular flexibility index (Phi) is 9.86. The topological polar surface area (TPSA) is 134 Å². The molecule has 2 aliphatic heterocycles. The van der Waals surface area contributed by atoms with E-state index in [2.05, 4.69) is 11.8 Å². The number of ether oxygens (including phenoxy) is 2. The third-order valence-electron chi connectivity index (χ3n) is 11.3. The molecule has 2 unspecified atom stereocenters. The molecule has 0 aromatic heterocycles. The van der Waals surface area contributed by atoms with Gasteiger partial charge < -0.3 is 19.7 Å². The molecule has 0 radical (unpaired) electrons. The van der Waals surface area contributed by atoms with Crippen LogP contribution in [0.3, 0.4) is 0 Å². The Hall–Kier alpha value is -3.86. The molecule has 10 heteroatoms. The molecule has 3 aromatic carbocycles. The van der Waals surface area contributed by atoms with E-state index in [1.807, 2.05) is 56.3 Å². The van der Waals surface area contributed by atoms with E-state index in [-0.39, 0.29) is 34.7 Å². The number of phenolic OH excluding ortho intramolecular Hbond substituents is 2. The van der Waals surface area contributed by atoms with Crippen molar-refractivity contribution in [3.8, 4) is 23.0 Å². The first-order valence-electron chi connectivity index (χ1n) is 17.2. The monoisotopic (exact) mass is 689 g/mol. The minimum atomic E-state index is -4.08. The number of fused-ring (bicyclic) bond motifs is 3.